The summed E-state index contributed by atoms with van der Waals surface area (Å²) >= 11 is 0. The maximum Gasteiger partial charge on any atom is 0.418 e. The molecule has 2 aliphatic carbocycles. The summed E-state index contributed by atoms with van der Waals surface area (Å²) in [4.78, 5) is 29.6. The van der Waals surface area contributed by atoms with Crippen LogP contribution in [-0.4, -0.2) is 41.8 Å². The second kappa shape index (κ2) is 10.4. The molecule has 2 aromatic carbocycles. The lowest BCUT2D eigenvalue weighted by Gasteiger charge is -2.39. The highest BCUT2D eigenvalue weighted by Crippen LogP contribution is 2.66. The van der Waals surface area contributed by atoms with Crippen molar-refractivity contribution >= 4 is 19.6 Å². The van der Waals surface area contributed by atoms with Crippen molar-refractivity contribution in [3.8, 4) is 0 Å². The summed E-state index contributed by atoms with van der Waals surface area (Å²) in [6, 6.07) is 18.6. The molecule has 1 saturated heterocycles. The fraction of sp³-hybridized carbons (Fsp3) is 0.467. The molecule has 1 heterocycles. The van der Waals surface area contributed by atoms with Crippen LogP contribution in [0.2, 0.25) is 0 Å². The van der Waals surface area contributed by atoms with Gasteiger partial charge in [-0.2, -0.15) is 0 Å². The first kappa shape index (κ1) is 26.9. The second-order valence-electron chi connectivity index (χ2n) is 10.6. The number of hydrogen-bond acceptors (Lipinski definition) is 6. The third-order valence-corrected chi connectivity index (χ3v) is 10.8. The van der Waals surface area contributed by atoms with E-state index >= 15 is 0 Å². The lowest BCUT2D eigenvalue weighted by molar-refractivity contribution is -0.135. The Morgan fingerprint density at radius 1 is 0.974 bits per heavy atom. The molecule has 0 aromatic heterocycles. The Morgan fingerprint density at radius 3 is 2.00 bits per heavy atom. The van der Waals surface area contributed by atoms with Gasteiger partial charge in [0.05, 0.1) is 30.8 Å². The summed E-state index contributed by atoms with van der Waals surface area (Å²) in [5, 5.41) is 0. The Morgan fingerprint density at radius 2 is 1.50 bits per heavy atom. The lowest BCUT2D eigenvalue weighted by Crippen LogP contribution is -2.53. The number of rotatable bonds is 9. The molecule has 1 aliphatic heterocycles. The molecule has 0 N–H and O–H groups in total. The summed E-state index contributed by atoms with van der Waals surface area (Å²) < 4.78 is 31.8. The van der Waals surface area contributed by atoms with Crippen molar-refractivity contribution in [3.63, 3.8) is 0 Å². The van der Waals surface area contributed by atoms with Crippen LogP contribution in [0.1, 0.15) is 45.2 Å². The minimum Gasteiger partial charge on any atom is -0.430 e. The summed E-state index contributed by atoms with van der Waals surface area (Å²) in [5.41, 5.74) is -0.232. The Bertz CT molecular complexity index is 1200. The molecule has 2 amide bonds. The second-order valence-corrected chi connectivity index (χ2v) is 12.8. The van der Waals surface area contributed by atoms with Crippen LogP contribution >= 0.6 is 7.60 Å². The molecule has 5 atom stereocenters. The average molecular weight is 538 g/mol. The van der Waals surface area contributed by atoms with Crippen molar-refractivity contribution in [1.82, 2.24) is 4.90 Å². The number of allylic oxidation sites excluding steroid dienone is 2. The quantitative estimate of drug-likeness (QED) is 0.272. The van der Waals surface area contributed by atoms with Crippen LogP contribution in [0.3, 0.4) is 0 Å². The predicted molar refractivity (Wildman–Crippen MR) is 144 cm³/mol. The number of benzene rings is 2. The van der Waals surface area contributed by atoms with E-state index in [-0.39, 0.29) is 36.9 Å². The Labute approximate surface area is 224 Å². The van der Waals surface area contributed by atoms with Crippen molar-refractivity contribution in [2.45, 2.75) is 51.4 Å². The van der Waals surface area contributed by atoms with Crippen LogP contribution in [0.4, 0.5) is 4.79 Å². The van der Waals surface area contributed by atoms with Gasteiger partial charge in [-0.05, 0) is 38.0 Å². The zero-order chi connectivity index (χ0) is 27.1. The highest BCUT2D eigenvalue weighted by molar-refractivity contribution is 7.54. The third-order valence-electron chi connectivity index (χ3n) is 8.10. The molecule has 1 unspecified atom stereocenters. The Hall–Kier alpha value is -2.73. The Balaban J connectivity index is 1.62. The number of cyclic esters (lactones) is 1. The standard InChI is InChI=1S/C30H36NO6P/c1-5-35-38(34,36-6-2)26-22-18-17-21(19-22)25(26)28(32)31-27(20(3)4)30(37-29(31)33,23-13-9-7-10-14-23)24-15-11-8-12-16-24/h7-18,20-22,25-27H,5-6,19H2,1-4H3/t21-,22+,25-,26-,27?/m1/s1. The van der Waals surface area contributed by atoms with Crippen molar-refractivity contribution in [3.05, 3.63) is 83.9 Å². The molecule has 0 spiro atoms. The predicted octanol–water partition coefficient (Wildman–Crippen LogP) is 6.39. The summed E-state index contributed by atoms with van der Waals surface area (Å²) in [7, 11) is -3.62. The Kier molecular flexibility index (Phi) is 7.38. The molecule has 2 bridgehead atoms. The largest absolute Gasteiger partial charge is 0.430 e. The van der Waals surface area contributed by atoms with Gasteiger partial charge in [-0.25, -0.2) is 9.69 Å². The maximum atomic E-state index is 14.5. The van der Waals surface area contributed by atoms with Gasteiger partial charge in [0.25, 0.3) is 0 Å². The van der Waals surface area contributed by atoms with E-state index in [1.807, 2.05) is 86.7 Å². The molecule has 1 saturated carbocycles. The summed E-state index contributed by atoms with van der Waals surface area (Å²) in [6.07, 6.45) is 4.03. The molecule has 0 radical (unpaired) electrons. The first-order valence-electron chi connectivity index (χ1n) is 13.5. The van der Waals surface area contributed by atoms with Gasteiger partial charge in [-0.3, -0.25) is 9.36 Å². The number of fused-ring (bicyclic) bond motifs is 2. The first-order valence-corrected chi connectivity index (χ1v) is 15.1. The summed E-state index contributed by atoms with van der Waals surface area (Å²) in [5.74, 6) is -1.46. The van der Waals surface area contributed by atoms with Gasteiger partial charge in [0.1, 0.15) is 0 Å². The number of carbonyl (C=O) groups excluding carboxylic acids is 2. The third kappa shape index (κ3) is 4.16. The fourth-order valence-corrected chi connectivity index (χ4v) is 9.39. The SMILES string of the molecule is CCOP(=O)(OCC)[C@H]1[C@H](C(=O)N2C(=O)OC(c3ccccc3)(c3ccccc3)C2C(C)C)[C@@H]2C=C[C@H]1C2. The number of amides is 2. The van der Waals surface area contributed by atoms with Crippen molar-refractivity contribution in [2.24, 2.45) is 23.7 Å². The first-order chi connectivity index (χ1) is 18.3. The minimum absolute atomic E-state index is 0.109. The van der Waals surface area contributed by atoms with Gasteiger partial charge >= 0.3 is 13.7 Å². The van der Waals surface area contributed by atoms with Crippen molar-refractivity contribution in [1.29, 1.82) is 0 Å². The van der Waals surface area contributed by atoms with E-state index in [9.17, 15) is 14.2 Å². The molecule has 3 aliphatic rings. The highest BCUT2D eigenvalue weighted by Gasteiger charge is 2.64. The molecular formula is C30H36NO6P. The topological polar surface area (TPSA) is 82.1 Å². The van der Waals surface area contributed by atoms with E-state index in [0.717, 1.165) is 11.1 Å². The van der Waals surface area contributed by atoms with E-state index in [1.165, 1.54) is 4.90 Å². The van der Waals surface area contributed by atoms with Crippen LogP contribution in [0.15, 0.2) is 72.8 Å². The lowest BCUT2D eigenvalue weighted by atomic mass is 9.75. The van der Waals surface area contributed by atoms with E-state index in [0.29, 0.717) is 6.42 Å². The van der Waals surface area contributed by atoms with Crippen LogP contribution in [-0.2, 0) is 28.7 Å². The van der Waals surface area contributed by atoms with Crippen LogP contribution < -0.4 is 0 Å². The maximum absolute atomic E-state index is 14.5. The molecule has 202 valence electrons. The van der Waals surface area contributed by atoms with Crippen LogP contribution in [0, 0.1) is 23.7 Å². The molecule has 2 fully saturated rings. The monoisotopic (exact) mass is 537 g/mol. The average Bonchev–Trinajstić information content (AvgIpc) is 3.62. The zero-order valence-electron chi connectivity index (χ0n) is 22.4. The van der Waals surface area contributed by atoms with Crippen LogP contribution in [0.5, 0.6) is 0 Å². The number of ether oxygens (including phenoxy) is 1. The van der Waals surface area contributed by atoms with Crippen LogP contribution in [0.25, 0.3) is 0 Å². The van der Waals surface area contributed by atoms with Gasteiger partial charge < -0.3 is 13.8 Å². The van der Waals surface area contributed by atoms with E-state index in [1.54, 1.807) is 13.8 Å². The molecule has 38 heavy (non-hydrogen) atoms. The van der Waals surface area contributed by atoms with Gasteiger partial charge in [0.15, 0.2) is 5.60 Å². The summed E-state index contributed by atoms with van der Waals surface area (Å²) in [6.45, 7) is 7.95. The van der Waals surface area contributed by atoms with Crippen molar-refractivity contribution < 1.29 is 27.9 Å². The molecule has 8 heteroatoms. The number of carbonyl (C=O) groups is 2. The van der Waals surface area contributed by atoms with Gasteiger partial charge in [0, 0.05) is 11.1 Å². The smallest absolute Gasteiger partial charge is 0.418 e. The molecular weight excluding hydrogens is 501 g/mol. The van der Waals surface area contributed by atoms with Crippen molar-refractivity contribution in [2.75, 3.05) is 13.2 Å². The minimum atomic E-state index is -3.62. The van der Waals surface area contributed by atoms with E-state index in [2.05, 4.69) is 0 Å². The fourth-order valence-electron chi connectivity index (χ4n) is 6.82. The van der Waals surface area contributed by atoms with E-state index in [4.69, 9.17) is 13.8 Å². The molecule has 2 aromatic rings. The number of imide groups is 1. The zero-order valence-corrected chi connectivity index (χ0v) is 23.3. The van der Waals surface area contributed by atoms with E-state index < -0.39 is 36.9 Å². The molecule has 5 rings (SSSR count). The number of nitrogens with zero attached hydrogens (tertiary/aromatic N) is 1. The van der Waals surface area contributed by atoms with Gasteiger partial charge in [-0.15, -0.1) is 0 Å². The van der Waals surface area contributed by atoms with Gasteiger partial charge in [-0.1, -0.05) is 86.7 Å². The molecule has 7 nitrogen and oxygen atoms in total. The normalized spacial score (nSPS) is 27.8. The van der Waals surface area contributed by atoms with Gasteiger partial charge in [0.2, 0.25) is 5.91 Å². The number of hydrogen-bond donors (Lipinski definition) is 0. The highest BCUT2D eigenvalue weighted by atomic mass is 31.2.